The summed E-state index contributed by atoms with van der Waals surface area (Å²) >= 11 is 6.24. The molecule has 0 bridgehead atoms. The zero-order valence-corrected chi connectivity index (χ0v) is 17.7. The van der Waals surface area contributed by atoms with Gasteiger partial charge in [-0.1, -0.05) is 23.7 Å². The number of hydrogen-bond donors (Lipinski definition) is 0. The molecule has 6 nitrogen and oxygen atoms in total. The van der Waals surface area contributed by atoms with Gasteiger partial charge in [0, 0.05) is 18.9 Å². The number of para-hydroxylation sites is 1. The largest absolute Gasteiger partial charge is 0.441 e. The van der Waals surface area contributed by atoms with Crippen molar-refractivity contribution in [3.8, 4) is 6.07 Å². The molecule has 1 saturated carbocycles. The number of hydrogen-bond acceptors (Lipinski definition) is 4. The fourth-order valence-corrected chi connectivity index (χ4v) is 4.96. The Bertz CT molecular complexity index is 1250. The van der Waals surface area contributed by atoms with E-state index < -0.39 is 23.5 Å². The minimum absolute atomic E-state index is 0.00375. The smallest absolute Gasteiger partial charge is 0.415 e. The molecule has 3 aromatic rings. The molecule has 1 aliphatic heterocycles. The topological polar surface area (TPSA) is 71.2 Å². The molecule has 1 aliphatic carbocycles. The molecule has 1 amide bonds. The number of benzene rings is 2. The number of ether oxygens (including phenoxy) is 1. The molecule has 2 atom stereocenters. The first kappa shape index (κ1) is 20.7. The van der Waals surface area contributed by atoms with Crippen LogP contribution in [-0.2, 0) is 11.3 Å². The lowest BCUT2D eigenvalue weighted by Crippen LogP contribution is -2.48. The molecule has 0 unspecified atom stereocenters. The van der Waals surface area contributed by atoms with E-state index in [2.05, 4.69) is 11.1 Å². The number of carbonyl (C=O) groups excluding carboxylic acids is 1. The maximum Gasteiger partial charge on any atom is 0.415 e. The number of amides is 1. The van der Waals surface area contributed by atoms with E-state index in [0.29, 0.717) is 27.3 Å². The van der Waals surface area contributed by atoms with Crippen LogP contribution >= 0.6 is 11.6 Å². The predicted octanol–water partition coefficient (Wildman–Crippen LogP) is 5.39. The van der Waals surface area contributed by atoms with E-state index in [4.69, 9.17) is 16.3 Å². The third kappa shape index (κ3) is 3.47. The Balaban J connectivity index is 1.43. The van der Waals surface area contributed by atoms with Gasteiger partial charge < -0.3 is 9.30 Å². The average molecular weight is 457 g/mol. The second kappa shape index (κ2) is 7.45. The third-order valence-electron chi connectivity index (χ3n) is 6.41. The van der Waals surface area contributed by atoms with E-state index in [9.17, 15) is 18.8 Å². The fourth-order valence-electron chi connectivity index (χ4n) is 4.72. The highest BCUT2D eigenvalue weighted by molar-refractivity contribution is 6.33. The van der Waals surface area contributed by atoms with Crippen molar-refractivity contribution in [1.29, 1.82) is 5.26 Å². The Morgan fingerprint density at radius 2 is 2.06 bits per heavy atom. The minimum atomic E-state index is -2.92. The van der Waals surface area contributed by atoms with Crippen LogP contribution in [0.1, 0.15) is 24.8 Å². The number of alkyl halides is 2. The molecule has 5 rings (SSSR count). The van der Waals surface area contributed by atoms with Crippen molar-refractivity contribution in [1.82, 2.24) is 9.55 Å². The molecule has 2 heterocycles. The van der Waals surface area contributed by atoms with Gasteiger partial charge in [0.25, 0.3) is 5.92 Å². The Morgan fingerprint density at radius 3 is 2.84 bits per heavy atom. The fraction of sp³-hybridized carbons (Fsp3) is 0.348. The lowest BCUT2D eigenvalue weighted by Gasteiger charge is -2.40. The van der Waals surface area contributed by atoms with Crippen molar-refractivity contribution in [2.24, 2.45) is 5.92 Å². The first-order valence-electron chi connectivity index (χ1n) is 10.3. The van der Waals surface area contributed by atoms with Crippen LogP contribution in [0.3, 0.4) is 0 Å². The summed E-state index contributed by atoms with van der Waals surface area (Å²) in [7, 11) is 0. The van der Waals surface area contributed by atoms with Crippen LogP contribution in [0.5, 0.6) is 0 Å². The van der Waals surface area contributed by atoms with Crippen molar-refractivity contribution < 1.29 is 18.3 Å². The quantitative estimate of drug-likeness (QED) is 0.529. The van der Waals surface area contributed by atoms with Crippen molar-refractivity contribution >= 4 is 34.4 Å². The van der Waals surface area contributed by atoms with E-state index in [1.807, 2.05) is 0 Å². The average Bonchev–Trinajstić information content (AvgIpc) is 3.32. The number of fused-ring (bicyclic) bond motifs is 1. The molecule has 2 fully saturated rings. The van der Waals surface area contributed by atoms with Crippen molar-refractivity contribution in [2.75, 3.05) is 11.4 Å². The van der Waals surface area contributed by atoms with Gasteiger partial charge in [-0.25, -0.2) is 18.6 Å². The summed E-state index contributed by atoms with van der Waals surface area (Å²) in [6.07, 6.45) is 0.655. The zero-order chi connectivity index (χ0) is 22.5. The highest BCUT2D eigenvalue weighted by atomic mass is 35.5. The van der Waals surface area contributed by atoms with Gasteiger partial charge in [0.1, 0.15) is 5.60 Å². The van der Waals surface area contributed by atoms with E-state index in [0.717, 1.165) is 0 Å². The van der Waals surface area contributed by atoms with Crippen molar-refractivity contribution in [3.05, 3.63) is 59.4 Å². The molecule has 0 N–H and O–H groups in total. The Kier molecular flexibility index (Phi) is 4.82. The molecule has 9 heteroatoms. The zero-order valence-electron chi connectivity index (χ0n) is 17.0. The van der Waals surface area contributed by atoms with Crippen LogP contribution in [0.2, 0.25) is 5.02 Å². The summed E-state index contributed by atoms with van der Waals surface area (Å²) in [6, 6.07) is 14.0. The number of nitriles is 1. The van der Waals surface area contributed by atoms with Crippen LogP contribution in [-0.4, -0.2) is 33.7 Å². The summed E-state index contributed by atoms with van der Waals surface area (Å²) in [5, 5.41) is 9.57. The van der Waals surface area contributed by atoms with Gasteiger partial charge in [-0.05, 0) is 43.2 Å². The lowest BCUT2D eigenvalue weighted by molar-refractivity contribution is -0.139. The van der Waals surface area contributed by atoms with Gasteiger partial charge in [0.15, 0.2) is 0 Å². The van der Waals surface area contributed by atoms with Gasteiger partial charge in [-0.2, -0.15) is 5.26 Å². The van der Waals surface area contributed by atoms with E-state index >= 15 is 0 Å². The van der Waals surface area contributed by atoms with Crippen LogP contribution in [0, 0.1) is 17.2 Å². The van der Waals surface area contributed by atoms with Crippen molar-refractivity contribution in [2.45, 2.75) is 37.3 Å². The second-order valence-corrected chi connectivity index (χ2v) is 8.87. The van der Waals surface area contributed by atoms with Gasteiger partial charge >= 0.3 is 6.09 Å². The summed E-state index contributed by atoms with van der Waals surface area (Å²) < 4.78 is 37.3. The summed E-state index contributed by atoms with van der Waals surface area (Å²) in [4.78, 5) is 18.3. The highest BCUT2D eigenvalue weighted by Crippen LogP contribution is 2.48. The molecular weight excluding hydrogens is 438 g/mol. The summed E-state index contributed by atoms with van der Waals surface area (Å²) in [6.45, 7) is 0.176. The maximum atomic E-state index is 15.0. The number of halogens is 3. The molecular formula is C23H19ClF2N4O2. The van der Waals surface area contributed by atoms with Crippen molar-refractivity contribution in [3.63, 3.8) is 0 Å². The van der Waals surface area contributed by atoms with E-state index in [1.54, 1.807) is 47.0 Å². The standard InChI is InChI=1S/C23H19ClF2N4O2/c24-17-3-1-2-4-19(17)30-13-22(32-21(30)31)7-8-23(25,26)16(10-22)12-29-14-28-18-6-5-15(11-27)9-20(18)29/h1-6,9,14,16H,7-8,10,12-13H2/t16-,22-/m1/s1. The Hall–Kier alpha value is -3.18. The lowest BCUT2D eigenvalue weighted by atomic mass is 9.75. The summed E-state index contributed by atoms with van der Waals surface area (Å²) in [5.74, 6) is -3.97. The first-order valence-corrected chi connectivity index (χ1v) is 10.7. The third-order valence-corrected chi connectivity index (χ3v) is 6.73. The molecule has 1 saturated heterocycles. The number of aromatic nitrogens is 2. The second-order valence-electron chi connectivity index (χ2n) is 8.46. The Labute approximate surface area is 188 Å². The molecule has 1 aromatic heterocycles. The monoisotopic (exact) mass is 456 g/mol. The molecule has 0 radical (unpaired) electrons. The van der Waals surface area contributed by atoms with Gasteiger partial charge in [0.2, 0.25) is 0 Å². The first-order chi connectivity index (χ1) is 15.3. The summed E-state index contributed by atoms with van der Waals surface area (Å²) in [5.41, 5.74) is 1.20. The SMILES string of the molecule is N#Cc1ccc2ncn(C[C@H]3C[C@]4(CCC3(F)F)CN(c3ccccc3Cl)C(=O)O4)c2c1. The highest BCUT2D eigenvalue weighted by Gasteiger charge is 2.56. The van der Waals surface area contributed by atoms with Crippen LogP contribution in [0.4, 0.5) is 19.3 Å². The number of anilines is 1. The maximum absolute atomic E-state index is 15.0. The van der Waals surface area contributed by atoms with Crippen LogP contribution in [0.15, 0.2) is 48.8 Å². The normalized spacial score (nSPS) is 24.6. The van der Waals surface area contributed by atoms with Gasteiger partial charge in [-0.15, -0.1) is 0 Å². The number of nitrogens with zero attached hydrogens (tertiary/aromatic N) is 4. The number of imidazole rings is 1. The molecule has 164 valence electrons. The minimum Gasteiger partial charge on any atom is -0.441 e. The molecule has 32 heavy (non-hydrogen) atoms. The van der Waals surface area contributed by atoms with Crippen LogP contribution in [0.25, 0.3) is 11.0 Å². The van der Waals surface area contributed by atoms with E-state index in [1.165, 1.54) is 11.2 Å². The molecule has 2 aromatic carbocycles. The van der Waals surface area contributed by atoms with Gasteiger partial charge in [0.05, 0.1) is 46.2 Å². The molecule has 1 spiro atoms. The Morgan fingerprint density at radius 1 is 1.25 bits per heavy atom. The van der Waals surface area contributed by atoms with Gasteiger partial charge in [-0.3, -0.25) is 4.90 Å². The molecule has 2 aliphatic rings. The number of rotatable bonds is 3. The van der Waals surface area contributed by atoms with Crippen LogP contribution < -0.4 is 4.90 Å². The van der Waals surface area contributed by atoms with E-state index in [-0.39, 0.29) is 32.4 Å². The predicted molar refractivity (Wildman–Crippen MR) is 115 cm³/mol. The number of carbonyl (C=O) groups is 1.